The molecule has 0 saturated heterocycles. The van der Waals surface area contributed by atoms with Crippen molar-refractivity contribution in [2.75, 3.05) is 13.2 Å². The van der Waals surface area contributed by atoms with E-state index in [-0.39, 0.29) is 10.8 Å². The third kappa shape index (κ3) is 3.66. The van der Waals surface area contributed by atoms with Gasteiger partial charge in [-0.25, -0.2) is 0 Å². The molecule has 0 spiro atoms. The second-order valence-corrected chi connectivity index (χ2v) is 10.8. The van der Waals surface area contributed by atoms with Gasteiger partial charge in [-0.05, 0) is 62.4 Å². The quantitative estimate of drug-likeness (QED) is 0.468. The van der Waals surface area contributed by atoms with Crippen LogP contribution in [0.3, 0.4) is 0 Å². The molecule has 0 bridgehead atoms. The maximum Gasteiger partial charge on any atom is 0.0772 e. The zero-order valence-electron chi connectivity index (χ0n) is 18.9. The fourth-order valence-electron chi connectivity index (χ4n) is 6.52. The number of hydrogen-bond donors (Lipinski definition) is 3. The smallest absolute Gasteiger partial charge is 0.0772 e. The van der Waals surface area contributed by atoms with E-state index in [0.717, 1.165) is 19.3 Å². The molecule has 0 aliphatic heterocycles. The predicted molar refractivity (Wildman–Crippen MR) is 119 cm³/mol. The van der Waals surface area contributed by atoms with E-state index in [0.29, 0.717) is 37.9 Å². The first-order valence-electron chi connectivity index (χ1n) is 11.5. The van der Waals surface area contributed by atoms with Crippen LogP contribution in [-0.2, 0) is 4.74 Å². The summed E-state index contributed by atoms with van der Waals surface area (Å²) in [6.07, 6.45) is 14.0. The lowest BCUT2D eigenvalue weighted by molar-refractivity contribution is -0.0493. The second-order valence-electron chi connectivity index (χ2n) is 10.8. The first-order chi connectivity index (χ1) is 14.1. The van der Waals surface area contributed by atoms with Crippen molar-refractivity contribution in [3.8, 4) is 0 Å². The molecular weight excluding hydrogens is 376 g/mol. The molecule has 4 heteroatoms. The average Bonchev–Trinajstić information content (AvgIpc) is 2.98. The molecule has 4 rings (SSSR count). The van der Waals surface area contributed by atoms with Crippen LogP contribution in [0.4, 0.5) is 0 Å². The lowest BCUT2D eigenvalue weighted by atomic mass is 9.50. The van der Waals surface area contributed by atoms with Gasteiger partial charge < -0.3 is 20.1 Å². The Kier molecular flexibility index (Phi) is 5.68. The first kappa shape index (κ1) is 22.0. The molecular formula is C26H38O4. The number of rotatable bonds is 5. The summed E-state index contributed by atoms with van der Waals surface area (Å²) < 4.78 is 5.93. The summed E-state index contributed by atoms with van der Waals surface area (Å²) in [6.45, 7) is 9.26. The van der Waals surface area contributed by atoms with Gasteiger partial charge in [0, 0.05) is 11.8 Å². The maximum absolute atomic E-state index is 11.0. The standard InChI is InChI=1S/C26H38O4/c1-24(2,29)11-5-13-30-16-18-7-9-21-20-8-6-17-14-19(27)15-23(28)26(17,4)22(20)10-12-25(18,21)3/h5-8,11,19,21-23,27-29H,9-10,12-16H2,1-4H3/b11-5+/t19-,21+,22+,23+,25-,26+/m1/s1. The highest BCUT2D eigenvalue weighted by molar-refractivity contribution is 5.43. The number of aliphatic hydroxyl groups is 3. The summed E-state index contributed by atoms with van der Waals surface area (Å²) >= 11 is 0. The van der Waals surface area contributed by atoms with E-state index in [1.807, 2.05) is 6.08 Å². The van der Waals surface area contributed by atoms with Gasteiger partial charge in [-0.1, -0.05) is 55.4 Å². The van der Waals surface area contributed by atoms with Gasteiger partial charge in [-0.3, -0.25) is 0 Å². The molecule has 166 valence electrons. The summed E-state index contributed by atoms with van der Waals surface area (Å²) in [5.41, 5.74) is 3.16. The Balaban J connectivity index is 1.48. The molecule has 3 N–H and O–H groups in total. The molecule has 2 saturated carbocycles. The van der Waals surface area contributed by atoms with Crippen LogP contribution in [0.1, 0.15) is 59.8 Å². The highest BCUT2D eigenvalue weighted by Gasteiger charge is 2.56. The van der Waals surface area contributed by atoms with Crippen LogP contribution in [0.2, 0.25) is 0 Å². The van der Waals surface area contributed by atoms with Crippen molar-refractivity contribution < 1.29 is 20.1 Å². The van der Waals surface area contributed by atoms with E-state index in [2.05, 4.69) is 32.1 Å². The van der Waals surface area contributed by atoms with Crippen LogP contribution in [0.25, 0.3) is 0 Å². The van der Waals surface area contributed by atoms with Crippen LogP contribution < -0.4 is 0 Å². The lowest BCUT2D eigenvalue weighted by Crippen LogP contribution is -2.52. The van der Waals surface area contributed by atoms with Gasteiger partial charge >= 0.3 is 0 Å². The highest BCUT2D eigenvalue weighted by Crippen LogP contribution is 2.63. The minimum Gasteiger partial charge on any atom is -0.393 e. The monoisotopic (exact) mass is 414 g/mol. The van der Waals surface area contributed by atoms with E-state index in [9.17, 15) is 15.3 Å². The van der Waals surface area contributed by atoms with Crippen LogP contribution in [0.5, 0.6) is 0 Å². The minimum atomic E-state index is -0.804. The Morgan fingerprint density at radius 1 is 1.20 bits per heavy atom. The molecule has 0 unspecified atom stereocenters. The minimum absolute atomic E-state index is 0.114. The molecule has 6 atom stereocenters. The second kappa shape index (κ2) is 7.74. The van der Waals surface area contributed by atoms with Crippen LogP contribution in [-0.4, -0.2) is 46.3 Å². The summed E-state index contributed by atoms with van der Waals surface area (Å²) in [5, 5.41) is 30.9. The molecule has 0 heterocycles. The van der Waals surface area contributed by atoms with Crippen molar-refractivity contribution in [1.82, 2.24) is 0 Å². The third-order valence-electron chi connectivity index (χ3n) is 8.39. The molecule has 2 fully saturated rings. The molecule has 0 aromatic heterocycles. The summed E-state index contributed by atoms with van der Waals surface area (Å²) in [5.74, 6) is 0.830. The van der Waals surface area contributed by atoms with Crippen LogP contribution in [0.15, 0.2) is 47.1 Å². The van der Waals surface area contributed by atoms with Gasteiger partial charge in [0.2, 0.25) is 0 Å². The normalized spacial score (nSPS) is 41.0. The average molecular weight is 415 g/mol. The van der Waals surface area contributed by atoms with Gasteiger partial charge in [-0.15, -0.1) is 0 Å². The molecule has 0 aromatic rings. The van der Waals surface area contributed by atoms with Gasteiger partial charge in [0.25, 0.3) is 0 Å². The summed E-state index contributed by atoms with van der Waals surface area (Å²) in [4.78, 5) is 0. The summed E-state index contributed by atoms with van der Waals surface area (Å²) in [7, 11) is 0. The van der Waals surface area contributed by atoms with Gasteiger partial charge in [0.15, 0.2) is 0 Å². The van der Waals surface area contributed by atoms with E-state index < -0.39 is 17.8 Å². The number of hydrogen-bond acceptors (Lipinski definition) is 4. The largest absolute Gasteiger partial charge is 0.393 e. The van der Waals surface area contributed by atoms with Gasteiger partial charge in [0.05, 0.1) is 31.0 Å². The number of allylic oxidation sites excluding steroid dienone is 4. The van der Waals surface area contributed by atoms with E-state index in [4.69, 9.17) is 4.74 Å². The number of aliphatic hydroxyl groups excluding tert-OH is 2. The maximum atomic E-state index is 11.0. The predicted octanol–water partition coefficient (Wildman–Crippen LogP) is 4.08. The van der Waals surface area contributed by atoms with Crippen molar-refractivity contribution in [3.05, 3.63) is 47.1 Å². The fraction of sp³-hybridized carbons (Fsp3) is 0.692. The first-order valence-corrected chi connectivity index (χ1v) is 11.5. The zero-order valence-corrected chi connectivity index (χ0v) is 18.9. The molecule has 0 aromatic carbocycles. The topological polar surface area (TPSA) is 69.9 Å². The Morgan fingerprint density at radius 3 is 2.70 bits per heavy atom. The van der Waals surface area contributed by atoms with Crippen molar-refractivity contribution in [2.45, 2.75) is 77.6 Å². The van der Waals surface area contributed by atoms with Crippen LogP contribution in [0, 0.1) is 22.7 Å². The Hall–Kier alpha value is -1.20. The van der Waals surface area contributed by atoms with Crippen molar-refractivity contribution in [2.24, 2.45) is 22.7 Å². The summed E-state index contributed by atoms with van der Waals surface area (Å²) in [6, 6.07) is 0. The molecule has 4 aliphatic carbocycles. The lowest BCUT2D eigenvalue weighted by Gasteiger charge is -2.56. The fourth-order valence-corrected chi connectivity index (χ4v) is 6.52. The van der Waals surface area contributed by atoms with Gasteiger partial charge in [0.1, 0.15) is 0 Å². The molecule has 4 aliphatic rings. The van der Waals surface area contributed by atoms with Gasteiger partial charge in [-0.2, -0.15) is 0 Å². The van der Waals surface area contributed by atoms with E-state index in [1.54, 1.807) is 19.9 Å². The van der Waals surface area contributed by atoms with Crippen molar-refractivity contribution >= 4 is 0 Å². The van der Waals surface area contributed by atoms with E-state index >= 15 is 0 Å². The molecule has 30 heavy (non-hydrogen) atoms. The van der Waals surface area contributed by atoms with Crippen molar-refractivity contribution in [1.29, 1.82) is 0 Å². The Labute approximate surface area is 181 Å². The Bertz CT molecular complexity index is 798. The van der Waals surface area contributed by atoms with E-state index in [1.165, 1.54) is 16.7 Å². The molecule has 0 radical (unpaired) electrons. The molecule has 0 amide bonds. The van der Waals surface area contributed by atoms with Crippen LogP contribution >= 0.6 is 0 Å². The SMILES string of the molecule is CC(C)(O)/C=C/COCC1=CC[C@H]2C3=CC=C4C[C@@H](O)C[C@H](O)[C@]4(C)[C@H]3CC[C@]12C. The third-order valence-corrected chi connectivity index (χ3v) is 8.39. The van der Waals surface area contributed by atoms with Crippen molar-refractivity contribution in [3.63, 3.8) is 0 Å². The zero-order chi connectivity index (χ0) is 21.7. The Morgan fingerprint density at radius 2 is 1.97 bits per heavy atom. The molecule has 4 nitrogen and oxygen atoms in total. The highest BCUT2D eigenvalue weighted by atomic mass is 16.5. The number of ether oxygens (including phenoxy) is 1. The number of fused-ring (bicyclic) bond motifs is 5.